The lowest BCUT2D eigenvalue weighted by Gasteiger charge is -2.30. The van der Waals surface area contributed by atoms with Crippen LogP contribution in [0.15, 0.2) is 29.6 Å². The summed E-state index contributed by atoms with van der Waals surface area (Å²) in [5.74, 6) is 1.56. The fraction of sp³-hybridized carbons (Fsp3) is 0.577. The van der Waals surface area contributed by atoms with Crippen LogP contribution in [-0.2, 0) is 22.9 Å². The standard InChI is InChI=1S/C26H34N6O2S/c1-16(2)13-29-35(33,34)25-22-11-21(32-15-28-30-26(32)31(3)20-8-9-20)7-6-18(22)10-19-14-27-24(12-23(19)25)17-4-5-17/h10,12,14-17,20-21,29H,4-9,11,13H2,1-3H3. The Morgan fingerprint density at radius 3 is 2.69 bits per heavy atom. The maximum Gasteiger partial charge on any atom is 0.241 e. The number of fused-ring (bicyclic) bond motifs is 2. The van der Waals surface area contributed by atoms with Crippen molar-refractivity contribution >= 4 is 26.7 Å². The molecule has 2 saturated carbocycles. The molecule has 1 unspecified atom stereocenters. The molecular weight excluding hydrogens is 460 g/mol. The number of nitrogens with zero attached hydrogens (tertiary/aromatic N) is 5. The number of aryl methyl sites for hydroxylation is 1. The third kappa shape index (κ3) is 4.33. The molecule has 3 aliphatic carbocycles. The molecule has 3 aliphatic rings. The monoisotopic (exact) mass is 494 g/mol. The Hall–Kier alpha value is -2.52. The van der Waals surface area contributed by atoms with Gasteiger partial charge in [0.1, 0.15) is 6.33 Å². The molecule has 35 heavy (non-hydrogen) atoms. The largest absolute Gasteiger partial charge is 0.341 e. The van der Waals surface area contributed by atoms with Gasteiger partial charge < -0.3 is 4.90 Å². The molecule has 2 heterocycles. The lowest BCUT2D eigenvalue weighted by atomic mass is 9.86. The first kappa shape index (κ1) is 22.9. The predicted molar refractivity (Wildman–Crippen MR) is 136 cm³/mol. The second kappa shape index (κ2) is 8.55. The lowest BCUT2D eigenvalue weighted by molar-refractivity contribution is 0.436. The van der Waals surface area contributed by atoms with Crippen molar-refractivity contribution in [2.45, 2.75) is 81.7 Å². The van der Waals surface area contributed by atoms with E-state index >= 15 is 0 Å². The molecule has 2 fully saturated rings. The van der Waals surface area contributed by atoms with Crippen LogP contribution in [0.2, 0.25) is 0 Å². The van der Waals surface area contributed by atoms with Gasteiger partial charge in [0, 0.05) is 54.3 Å². The van der Waals surface area contributed by atoms with Crippen LogP contribution in [0, 0.1) is 5.92 Å². The van der Waals surface area contributed by atoms with E-state index in [1.165, 1.54) is 12.8 Å². The molecule has 0 aliphatic heterocycles. The number of nitrogens with one attached hydrogen (secondary N) is 1. The number of pyridine rings is 1. The highest BCUT2D eigenvalue weighted by Crippen LogP contribution is 2.43. The molecule has 2 aromatic heterocycles. The van der Waals surface area contributed by atoms with E-state index in [2.05, 4.69) is 42.5 Å². The molecule has 0 spiro atoms. The summed E-state index contributed by atoms with van der Waals surface area (Å²) < 4.78 is 32.7. The minimum absolute atomic E-state index is 0.120. The summed E-state index contributed by atoms with van der Waals surface area (Å²) in [6.45, 7) is 4.46. The summed E-state index contributed by atoms with van der Waals surface area (Å²) in [6.07, 6.45) is 10.7. The van der Waals surface area contributed by atoms with E-state index in [4.69, 9.17) is 0 Å². The highest BCUT2D eigenvalue weighted by Gasteiger charge is 2.34. The quantitative estimate of drug-likeness (QED) is 0.509. The zero-order valence-corrected chi connectivity index (χ0v) is 21.6. The van der Waals surface area contributed by atoms with Gasteiger partial charge in [0.2, 0.25) is 16.0 Å². The van der Waals surface area contributed by atoms with E-state index in [9.17, 15) is 8.42 Å². The topological polar surface area (TPSA) is 93.0 Å². The summed E-state index contributed by atoms with van der Waals surface area (Å²) in [5.41, 5.74) is 3.06. The predicted octanol–water partition coefficient (Wildman–Crippen LogP) is 3.97. The molecule has 9 heteroatoms. The lowest BCUT2D eigenvalue weighted by Crippen LogP contribution is -2.31. The first-order valence-electron chi connectivity index (χ1n) is 12.9. The average Bonchev–Trinajstić information content (AvgIpc) is 3.77. The Morgan fingerprint density at radius 2 is 1.97 bits per heavy atom. The van der Waals surface area contributed by atoms with Gasteiger partial charge in [-0.1, -0.05) is 13.8 Å². The molecule has 1 N–H and O–H groups in total. The van der Waals surface area contributed by atoms with Crippen molar-refractivity contribution in [2.75, 3.05) is 18.5 Å². The van der Waals surface area contributed by atoms with Crippen LogP contribution in [0.1, 0.15) is 74.7 Å². The maximum atomic E-state index is 13.8. The van der Waals surface area contributed by atoms with Crippen LogP contribution < -0.4 is 9.62 Å². The van der Waals surface area contributed by atoms with Crippen molar-refractivity contribution in [2.24, 2.45) is 5.92 Å². The van der Waals surface area contributed by atoms with E-state index in [1.807, 2.05) is 32.4 Å². The van der Waals surface area contributed by atoms with Crippen LogP contribution in [0.5, 0.6) is 0 Å². The fourth-order valence-electron chi connectivity index (χ4n) is 5.35. The van der Waals surface area contributed by atoms with Crippen LogP contribution in [-0.4, -0.2) is 47.8 Å². The minimum Gasteiger partial charge on any atom is -0.341 e. The van der Waals surface area contributed by atoms with E-state index in [0.717, 1.165) is 59.2 Å². The molecule has 1 atom stereocenters. The van der Waals surface area contributed by atoms with Crippen LogP contribution >= 0.6 is 0 Å². The molecule has 0 radical (unpaired) electrons. The van der Waals surface area contributed by atoms with Gasteiger partial charge in [0.15, 0.2) is 0 Å². The second-order valence-corrected chi connectivity index (χ2v) is 12.7. The fourth-order valence-corrected chi connectivity index (χ4v) is 7.05. The Bertz CT molecular complexity index is 1370. The molecule has 0 bridgehead atoms. The van der Waals surface area contributed by atoms with Crippen LogP contribution in [0.4, 0.5) is 5.95 Å². The van der Waals surface area contributed by atoms with Crippen LogP contribution in [0.3, 0.4) is 0 Å². The van der Waals surface area contributed by atoms with E-state index in [0.29, 0.717) is 29.8 Å². The molecule has 8 nitrogen and oxygen atoms in total. The third-order valence-electron chi connectivity index (χ3n) is 7.68. The van der Waals surface area contributed by atoms with Gasteiger partial charge in [-0.3, -0.25) is 9.55 Å². The van der Waals surface area contributed by atoms with E-state index in [-0.39, 0.29) is 12.0 Å². The minimum atomic E-state index is -3.70. The highest BCUT2D eigenvalue weighted by molar-refractivity contribution is 7.89. The van der Waals surface area contributed by atoms with Gasteiger partial charge >= 0.3 is 0 Å². The van der Waals surface area contributed by atoms with Gasteiger partial charge in [-0.25, -0.2) is 13.1 Å². The van der Waals surface area contributed by atoms with Gasteiger partial charge in [0.25, 0.3) is 0 Å². The maximum absolute atomic E-state index is 13.8. The van der Waals surface area contributed by atoms with Gasteiger partial charge in [-0.15, -0.1) is 10.2 Å². The van der Waals surface area contributed by atoms with Crippen molar-refractivity contribution in [1.29, 1.82) is 0 Å². The van der Waals surface area contributed by atoms with E-state index in [1.54, 1.807) is 0 Å². The highest BCUT2D eigenvalue weighted by atomic mass is 32.2. The number of hydrogen-bond donors (Lipinski definition) is 1. The second-order valence-electron chi connectivity index (χ2n) is 11.0. The SMILES string of the molecule is CC(C)CNS(=O)(=O)c1c2c(cc3cnc(C4CC4)cc13)CCC(n1cnnc1N(C)C1CC1)C2. The van der Waals surface area contributed by atoms with Gasteiger partial charge in [0.05, 0.1) is 4.90 Å². The van der Waals surface area contributed by atoms with Gasteiger partial charge in [-0.2, -0.15) is 0 Å². The van der Waals surface area contributed by atoms with Crippen molar-refractivity contribution < 1.29 is 8.42 Å². The molecular formula is C26H34N6O2S. The number of hydrogen-bond acceptors (Lipinski definition) is 6. The normalized spacial score (nSPS) is 20.4. The Balaban J connectivity index is 1.46. The van der Waals surface area contributed by atoms with Crippen molar-refractivity contribution in [1.82, 2.24) is 24.5 Å². The number of sulfonamides is 1. The van der Waals surface area contributed by atoms with E-state index < -0.39 is 10.0 Å². The number of aromatic nitrogens is 4. The van der Waals surface area contributed by atoms with Crippen molar-refractivity contribution in [3.63, 3.8) is 0 Å². The van der Waals surface area contributed by atoms with Crippen molar-refractivity contribution in [3.05, 3.63) is 41.5 Å². The molecule has 186 valence electrons. The Morgan fingerprint density at radius 1 is 1.17 bits per heavy atom. The summed E-state index contributed by atoms with van der Waals surface area (Å²) >= 11 is 0. The van der Waals surface area contributed by atoms with Crippen LogP contribution in [0.25, 0.3) is 10.8 Å². The average molecular weight is 495 g/mol. The molecule has 3 aromatic rings. The van der Waals surface area contributed by atoms with Crippen molar-refractivity contribution in [3.8, 4) is 0 Å². The zero-order valence-electron chi connectivity index (χ0n) is 20.7. The van der Waals surface area contributed by atoms with Gasteiger partial charge in [-0.05, 0) is 74.1 Å². The third-order valence-corrected chi connectivity index (χ3v) is 9.23. The number of anilines is 1. The first-order chi connectivity index (χ1) is 16.8. The summed E-state index contributed by atoms with van der Waals surface area (Å²) in [4.78, 5) is 7.35. The summed E-state index contributed by atoms with van der Waals surface area (Å²) in [5, 5.41) is 10.4. The Labute approximate surface area is 207 Å². The smallest absolute Gasteiger partial charge is 0.241 e. The molecule has 1 aromatic carbocycles. The number of rotatable bonds is 8. The summed E-state index contributed by atoms with van der Waals surface area (Å²) in [7, 11) is -1.61. The first-order valence-corrected chi connectivity index (χ1v) is 14.4. The molecule has 6 rings (SSSR count). The zero-order chi connectivity index (χ0) is 24.3. The number of benzene rings is 1. The molecule has 0 amide bonds. The Kier molecular flexibility index (Phi) is 5.60. The molecule has 0 saturated heterocycles. The summed E-state index contributed by atoms with van der Waals surface area (Å²) in [6, 6.07) is 4.85.